The van der Waals surface area contributed by atoms with Gasteiger partial charge in [-0.3, -0.25) is 14.5 Å². The molecule has 3 amide bonds. The Bertz CT molecular complexity index is 987. The Morgan fingerprint density at radius 1 is 1.20 bits per heavy atom. The summed E-state index contributed by atoms with van der Waals surface area (Å²) in [4.78, 5) is 38.2. The highest BCUT2D eigenvalue weighted by molar-refractivity contribution is 6.07. The minimum Gasteiger partial charge on any atom is -0.491 e. The van der Waals surface area contributed by atoms with Crippen LogP contribution in [0.5, 0.6) is 5.75 Å². The number of imide groups is 1. The van der Waals surface area contributed by atoms with E-state index in [1.807, 2.05) is 24.3 Å². The largest absolute Gasteiger partial charge is 0.491 e. The first-order valence-electron chi connectivity index (χ1n) is 10.0. The van der Waals surface area contributed by atoms with Crippen molar-refractivity contribution in [1.82, 2.24) is 10.2 Å². The zero-order chi connectivity index (χ0) is 21.3. The van der Waals surface area contributed by atoms with Gasteiger partial charge in [-0.2, -0.15) is 0 Å². The normalized spacial score (nSPS) is 21.3. The van der Waals surface area contributed by atoms with Crippen molar-refractivity contribution in [3.63, 3.8) is 0 Å². The van der Waals surface area contributed by atoms with Crippen molar-refractivity contribution < 1.29 is 24.2 Å². The average Bonchev–Trinajstić information content (AvgIpc) is 2.97. The SMILES string of the molecule is CC(=O)c1ccc(OC[C@@H](O)CN2C(=O)N[C@]3(CCCc4ccccc43)C2=O)cc1. The zero-order valence-corrected chi connectivity index (χ0v) is 16.8. The predicted octanol–water partition coefficient (Wildman–Crippen LogP) is 2.41. The number of amides is 3. The van der Waals surface area contributed by atoms with Gasteiger partial charge in [-0.05, 0) is 61.6 Å². The molecule has 156 valence electrons. The van der Waals surface area contributed by atoms with Gasteiger partial charge < -0.3 is 15.2 Å². The molecule has 2 aromatic rings. The fourth-order valence-electron chi connectivity index (χ4n) is 4.22. The fourth-order valence-corrected chi connectivity index (χ4v) is 4.22. The summed E-state index contributed by atoms with van der Waals surface area (Å²) in [6, 6.07) is 13.8. The number of aliphatic hydroxyl groups excluding tert-OH is 1. The van der Waals surface area contributed by atoms with Gasteiger partial charge in [-0.15, -0.1) is 0 Å². The number of Topliss-reactive ketones (excluding diaryl/α,β-unsaturated/α-hetero) is 1. The second-order valence-corrected chi connectivity index (χ2v) is 7.81. The summed E-state index contributed by atoms with van der Waals surface area (Å²) in [5.74, 6) is 0.122. The van der Waals surface area contributed by atoms with Crippen LogP contribution in [-0.2, 0) is 16.8 Å². The molecular weight excluding hydrogens is 384 g/mol. The van der Waals surface area contributed by atoms with Crippen LogP contribution in [0.4, 0.5) is 4.79 Å². The van der Waals surface area contributed by atoms with Gasteiger partial charge in [0.15, 0.2) is 5.78 Å². The van der Waals surface area contributed by atoms with Crippen LogP contribution in [0.15, 0.2) is 48.5 Å². The molecule has 0 saturated carbocycles. The highest BCUT2D eigenvalue weighted by atomic mass is 16.5. The number of urea groups is 1. The molecule has 7 heteroatoms. The first-order valence-corrected chi connectivity index (χ1v) is 10.0. The van der Waals surface area contributed by atoms with Gasteiger partial charge in [-0.1, -0.05) is 24.3 Å². The van der Waals surface area contributed by atoms with Crippen molar-refractivity contribution in [1.29, 1.82) is 0 Å². The Balaban J connectivity index is 1.42. The maximum Gasteiger partial charge on any atom is 0.325 e. The van der Waals surface area contributed by atoms with Crippen molar-refractivity contribution in [2.24, 2.45) is 0 Å². The summed E-state index contributed by atoms with van der Waals surface area (Å²) in [5, 5.41) is 13.3. The molecule has 1 aliphatic carbocycles. The predicted molar refractivity (Wildman–Crippen MR) is 109 cm³/mol. The second-order valence-electron chi connectivity index (χ2n) is 7.81. The first-order chi connectivity index (χ1) is 14.4. The van der Waals surface area contributed by atoms with Crippen molar-refractivity contribution in [3.05, 3.63) is 65.2 Å². The number of rotatable bonds is 6. The van der Waals surface area contributed by atoms with Crippen LogP contribution in [0.3, 0.4) is 0 Å². The number of ketones is 1. The average molecular weight is 408 g/mol. The molecule has 2 atom stereocenters. The molecule has 2 N–H and O–H groups in total. The number of aliphatic hydroxyl groups is 1. The number of hydrogen-bond donors (Lipinski definition) is 2. The maximum atomic E-state index is 13.2. The third-order valence-corrected chi connectivity index (χ3v) is 5.75. The highest BCUT2D eigenvalue weighted by Gasteiger charge is 2.54. The summed E-state index contributed by atoms with van der Waals surface area (Å²) in [6.07, 6.45) is 1.18. The van der Waals surface area contributed by atoms with Crippen LogP contribution in [0, 0.1) is 0 Å². The van der Waals surface area contributed by atoms with E-state index in [4.69, 9.17) is 4.74 Å². The van der Waals surface area contributed by atoms with Crippen molar-refractivity contribution in [2.45, 2.75) is 37.8 Å². The van der Waals surface area contributed by atoms with Gasteiger partial charge in [0, 0.05) is 5.56 Å². The number of carbonyl (C=O) groups is 3. The molecule has 0 radical (unpaired) electrons. The molecule has 1 fully saturated rings. The smallest absolute Gasteiger partial charge is 0.325 e. The third kappa shape index (κ3) is 3.57. The van der Waals surface area contributed by atoms with Gasteiger partial charge in [0.25, 0.3) is 5.91 Å². The van der Waals surface area contributed by atoms with E-state index in [-0.39, 0.29) is 24.8 Å². The molecule has 0 aromatic heterocycles. The monoisotopic (exact) mass is 408 g/mol. The van der Waals surface area contributed by atoms with E-state index in [0.717, 1.165) is 28.9 Å². The molecule has 1 saturated heterocycles. The molecule has 1 spiro atoms. The molecule has 2 aliphatic rings. The van der Waals surface area contributed by atoms with E-state index in [2.05, 4.69) is 5.32 Å². The second kappa shape index (κ2) is 7.91. The maximum absolute atomic E-state index is 13.2. The number of fused-ring (bicyclic) bond motifs is 2. The van der Waals surface area contributed by atoms with Crippen LogP contribution in [0.1, 0.15) is 41.3 Å². The molecule has 4 rings (SSSR count). The molecule has 0 bridgehead atoms. The Labute approximate surface area is 174 Å². The summed E-state index contributed by atoms with van der Waals surface area (Å²) < 4.78 is 5.55. The number of hydrogen-bond acceptors (Lipinski definition) is 5. The van der Waals surface area contributed by atoms with Gasteiger partial charge in [0.1, 0.15) is 24.0 Å². The number of carbonyl (C=O) groups excluding carboxylic acids is 3. The quantitative estimate of drug-likeness (QED) is 0.565. The summed E-state index contributed by atoms with van der Waals surface area (Å²) in [7, 11) is 0. The lowest BCUT2D eigenvalue weighted by molar-refractivity contribution is -0.133. The van der Waals surface area contributed by atoms with Crippen LogP contribution in [-0.4, -0.2) is 47.0 Å². The van der Waals surface area contributed by atoms with Crippen LogP contribution in [0.25, 0.3) is 0 Å². The number of nitrogens with one attached hydrogen (secondary N) is 1. The number of aryl methyl sites for hydroxylation is 1. The summed E-state index contributed by atoms with van der Waals surface area (Å²) >= 11 is 0. The molecule has 30 heavy (non-hydrogen) atoms. The lowest BCUT2D eigenvalue weighted by Crippen LogP contribution is -2.47. The molecular formula is C23H24N2O5. The summed E-state index contributed by atoms with van der Waals surface area (Å²) in [6.45, 7) is 1.25. The van der Waals surface area contributed by atoms with E-state index in [1.165, 1.54) is 6.92 Å². The van der Waals surface area contributed by atoms with Crippen molar-refractivity contribution in [3.8, 4) is 5.75 Å². The topological polar surface area (TPSA) is 95.9 Å². The van der Waals surface area contributed by atoms with Crippen LogP contribution in [0.2, 0.25) is 0 Å². The van der Waals surface area contributed by atoms with E-state index in [9.17, 15) is 19.5 Å². The Morgan fingerprint density at radius 2 is 1.93 bits per heavy atom. The minimum absolute atomic E-state index is 0.0432. The first kappa shape index (κ1) is 20.1. The number of β-amino-alcohol motifs (C(OH)–C–C–N with tert-alkyl or cyclic N) is 1. The Hall–Kier alpha value is -3.19. The molecule has 1 heterocycles. The highest BCUT2D eigenvalue weighted by Crippen LogP contribution is 2.39. The van der Waals surface area contributed by atoms with Gasteiger partial charge in [-0.25, -0.2) is 4.79 Å². The van der Waals surface area contributed by atoms with E-state index in [0.29, 0.717) is 17.7 Å². The van der Waals surface area contributed by atoms with E-state index >= 15 is 0 Å². The molecule has 2 aromatic carbocycles. The lowest BCUT2D eigenvalue weighted by atomic mass is 9.76. The van der Waals surface area contributed by atoms with Crippen LogP contribution < -0.4 is 10.1 Å². The third-order valence-electron chi connectivity index (χ3n) is 5.75. The van der Waals surface area contributed by atoms with Gasteiger partial charge >= 0.3 is 6.03 Å². The van der Waals surface area contributed by atoms with E-state index in [1.54, 1.807) is 24.3 Å². The molecule has 7 nitrogen and oxygen atoms in total. The minimum atomic E-state index is -1.05. The zero-order valence-electron chi connectivity index (χ0n) is 16.8. The van der Waals surface area contributed by atoms with E-state index < -0.39 is 17.7 Å². The van der Waals surface area contributed by atoms with Gasteiger partial charge in [0.2, 0.25) is 0 Å². The van der Waals surface area contributed by atoms with Gasteiger partial charge in [0.05, 0.1) is 6.54 Å². The standard InChI is InChI=1S/C23H24N2O5/c1-15(26)16-8-10-19(11-9-16)30-14-18(27)13-25-21(28)23(24-22(25)29)12-4-6-17-5-2-3-7-20(17)23/h2-3,5,7-11,18,27H,4,6,12-14H2,1H3,(H,24,29)/t18-,23-/m0/s1. The Morgan fingerprint density at radius 3 is 2.67 bits per heavy atom. The van der Waals surface area contributed by atoms with Crippen molar-refractivity contribution >= 4 is 17.7 Å². The van der Waals surface area contributed by atoms with Crippen molar-refractivity contribution in [2.75, 3.05) is 13.2 Å². The summed E-state index contributed by atoms with van der Waals surface area (Å²) in [5.41, 5.74) is 1.43. The number of benzene rings is 2. The fraction of sp³-hybridized carbons (Fsp3) is 0.348. The lowest BCUT2D eigenvalue weighted by Gasteiger charge is -2.33. The number of ether oxygens (including phenoxy) is 1. The molecule has 0 unspecified atom stereocenters. The van der Waals surface area contributed by atoms with Crippen LogP contribution >= 0.6 is 0 Å². The number of nitrogens with zero attached hydrogens (tertiary/aromatic N) is 1. The Kier molecular flexibility index (Phi) is 5.30. The molecule has 1 aliphatic heterocycles.